The van der Waals surface area contributed by atoms with E-state index in [2.05, 4.69) is 15.6 Å². The maximum absolute atomic E-state index is 13.8. The zero-order valence-corrected chi connectivity index (χ0v) is 18.2. The standard InChI is InChI=1S/C22H28F2N4O3/c1-5-25-21(30)18(22(2,3)4)27-20(29)17-16-12-31-10-6-9-28(16)19(26-17)13-7-8-14(23)15(24)11-13/h7-8,11,18H,5-6,9-10,12H2,1-4H3,(H,25,30)(H,27,29)/t18-/m1/s1. The lowest BCUT2D eigenvalue weighted by atomic mass is 9.86. The molecule has 31 heavy (non-hydrogen) atoms. The molecule has 0 aliphatic carbocycles. The van der Waals surface area contributed by atoms with Crippen LogP contribution in [0, 0.1) is 17.0 Å². The third kappa shape index (κ3) is 4.92. The van der Waals surface area contributed by atoms with Gasteiger partial charge >= 0.3 is 0 Å². The highest BCUT2D eigenvalue weighted by atomic mass is 19.2. The van der Waals surface area contributed by atoms with Crippen LogP contribution in [0.15, 0.2) is 18.2 Å². The molecule has 0 fully saturated rings. The molecule has 7 nitrogen and oxygen atoms in total. The van der Waals surface area contributed by atoms with Crippen LogP contribution in [0.5, 0.6) is 0 Å². The molecule has 1 aliphatic heterocycles. The summed E-state index contributed by atoms with van der Waals surface area (Å²) in [5.74, 6) is -2.40. The second-order valence-electron chi connectivity index (χ2n) is 8.58. The Morgan fingerprint density at radius 2 is 2.00 bits per heavy atom. The molecule has 3 rings (SSSR count). The predicted molar refractivity (Wildman–Crippen MR) is 111 cm³/mol. The first-order chi connectivity index (χ1) is 14.6. The Morgan fingerprint density at radius 3 is 2.65 bits per heavy atom. The van der Waals surface area contributed by atoms with E-state index in [4.69, 9.17) is 4.74 Å². The zero-order chi connectivity index (χ0) is 22.8. The van der Waals surface area contributed by atoms with Gasteiger partial charge in [0.2, 0.25) is 5.91 Å². The first-order valence-electron chi connectivity index (χ1n) is 10.3. The fourth-order valence-corrected chi connectivity index (χ4v) is 3.56. The number of carbonyl (C=O) groups is 2. The van der Waals surface area contributed by atoms with Gasteiger partial charge in [-0.3, -0.25) is 9.59 Å². The van der Waals surface area contributed by atoms with Gasteiger partial charge in [0.05, 0.1) is 12.3 Å². The Balaban J connectivity index is 2.02. The predicted octanol–water partition coefficient (Wildman–Crippen LogP) is 3.03. The van der Waals surface area contributed by atoms with Gasteiger partial charge in [0, 0.05) is 25.3 Å². The van der Waals surface area contributed by atoms with Crippen molar-refractivity contribution in [2.75, 3.05) is 13.2 Å². The summed E-state index contributed by atoms with van der Waals surface area (Å²) in [6, 6.07) is 2.74. The number of benzene rings is 1. The quantitative estimate of drug-likeness (QED) is 0.758. The number of nitrogens with one attached hydrogen (secondary N) is 2. The van der Waals surface area contributed by atoms with Gasteiger partial charge in [0.1, 0.15) is 11.9 Å². The molecule has 0 bridgehead atoms. The van der Waals surface area contributed by atoms with Gasteiger partial charge in [-0.25, -0.2) is 13.8 Å². The number of amides is 2. The Morgan fingerprint density at radius 1 is 1.26 bits per heavy atom. The molecule has 2 aromatic rings. The van der Waals surface area contributed by atoms with Crippen LogP contribution in [0.4, 0.5) is 8.78 Å². The smallest absolute Gasteiger partial charge is 0.272 e. The van der Waals surface area contributed by atoms with Crippen LogP contribution < -0.4 is 10.6 Å². The average Bonchev–Trinajstić information content (AvgIpc) is 2.88. The number of aromatic nitrogens is 2. The van der Waals surface area contributed by atoms with E-state index < -0.39 is 29.0 Å². The fourth-order valence-electron chi connectivity index (χ4n) is 3.56. The van der Waals surface area contributed by atoms with Crippen LogP contribution in [0.25, 0.3) is 11.4 Å². The molecule has 168 valence electrons. The largest absolute Gasteiger partial charge is 0.375 e. The summed E-state index contributed by atoms with van der Waals surface area (Å²) in [7, 11) is 0. The number of hydrogen-bond acceptors (Lipinski definition) is 4. The second kappa shape index (κ2) is 9.13. The Hall–Kier alpha value is -2.81. The first kappa shape index (κ1) is 22.9. The van der Waals surface area contributed by atoms with E-state index in [0.29, 0.717) is 43.2 Å². The summed E-state index contributed by atoms with van der Waals surface area (Å²) in [5, 5.41) is 5.54. The van der Waals surface area contributed by atoms with E-state index in [1.54, 1.807) is 11.5 Å². The molecule has 1 atom stereocenters. The van der Waals surface area contributed by atoms with Crippen LogP contribution in [-0.2, 0) is 22.7 Å². The van der Waals surface area contributed by atoms with Crippen molar-refractivity contribution >= 4 is 11.8 Å². The van der Waals surface area contributed by atoms with Gasteiger partial charge in [0.25, 0.3) is 5.91 Å². The van der Waals surface area contributed by atoms with E-state index in [-0.39, 0.29) is 18.2 Å². The maximum atomic E-state index is 13.8. The zero-order valence-electron chi connectivity index (χ0n) is 18.2. The number of likely N-dealkylation sites (N-methyl/N-ethyl adjacent to an activating group) is 1. The molecule has 0 saturated carbocycles. The van der Waals surface area contributed by atoms with Gasteiger partial charge in [-0.1, -0.05) is 20.8 Å². The minimum absolute atomic E-state index is 0.111. The molecule has 0 unspecified atom stereocenters. The summed E-state index contributed by atoms with van der Waals surface area (Å²) >= 11 is 0. The SMILES string of the molecule is CCNC(=O)[C@@H](NC(=O)c1nc(-c2ccc(F)c(F)c2)n2c1COCCC2)C(C)(C)C. The summed E-state index contributed by atoms with van der Waals surface area (Å²) in [6.45, 7) is 8.99. The third-order valence-electron chi connectivity index (χ3n) is 5.13. The molecular weight excluding hydrogens is 406 g/mol. The lowest BCUT2D eigenvalue weighted by Gasteiger charge is -2.30. The van der Waals surface area contributed by atoms with Crippen molar-refractivity contribution in [3.05, 3.63) is 41.2 Å². The highest BCUT2D eigenvalue weighted by molar-refractivity contribution is 5.97. The molecule has 1 aromatic carbocycles. The maximum Gasteiger partial charge on any atom is 0.272 e. The van der Waals surface area contributed by atoms with Gasteiger partial charge in [0.15, 0.2) is 17.3 Å². The number of rotatable bonds is 5. The number of carbonyl (C=O) groups excluding carboxylic acids is 2. The monoisotopic (exact) mass is 434 g/mol. The van der Waals surface area contributed by atoms with Crippen LogP contribution >= 0.6 is 0 Å². The Kier molecular flexibility index (Phi) is 6.74. The molecule has 1 aromatic heterocycles. The van der Waals surface area contributed by atoms with Crippen molar-refractivity contribution in [2.45, 2.75) is 53.3 Å². The van der Waals surface area contributed by atoms with Crippen LogP contribution in [0.3, 0.4) is 0 Å². The fraction of sp³-hybridized carbons (Fsp3) is 0.500. The molecule has 9 heteroatoms. The van der Waals surface area contributed by atoms with Crippen molar-refractivity contribution in [1.29, 1.82) is 0 Å². The molecule has 0 saturated heterocycles. The Bertz CT molecular complexity index is 982. The van der Waals surface area contributed by atoms with Crippen molar-refractivity contribution in [2.24, 2.45) is 5.41 Å². The van der Waals surface area contributed by atoms with E-state index in [1.165, 1.54) is 6.07 Å². The lowest BCUT2D eigenvalue weighted by Crippen LogP contribution is -2.53. The van der Waals surface area contributed by atoms with E-state index >= 15 is 0 Å². The van der Waals surface area contributed by atoms with Gasteiger partial charge in [-0.2, -0.15) is 0 Å². The second-order valence-corrected chi connectivity index (χ2v) is 8.58. The molecule has 1 aliphatic rings. The van der Waals surface area contributed by atoms with Crippen LogP contribution in [0.1, 0.15) is 50.3 Å². The molecule has 0 radical (unpaired) electrons. The molecule has 2 N–H and O–H groups in total. The minimum Gasteiger partial charge on any atom is -0.375 e. The topological polar surface area (TPSA) is 85.3 Å². The van der Waals surface area contributed by atoms with E-state index in [1.807, 2.05) is 20.8 Å². The van der Waals surface area contributed by atoms with Crippen LogP contribution in [0.2, 0.25) is 0 Å². The number of imidazole rings is 1. The summed E-state index contributed by atoms with van der Waals surface area (Å²) in [4.78, 5) is 30.2. The van der Waals surface area contributed by atoms with Crippen molar-refractivity contribution in [3.8, 4) is 11.4 Å². The van der Waals surface area contributed by atoms with Crippen molar-refractivity contribution in [1.82, 2.24) is 20.2 Å². The van der Waals surface area contributed by atoms with Crippen molar-refractivity contribution < 1.29 is 23.1 Å². The van der Waals surface area contributed by atoms with Gasteiger partial charge in [-0.05, 0) is 37.0 Å². The minimum atomic E-state index is -0.991. The highest BCUT2D eigenvalue weighted by Crippen LogP contribution is 2.27. The number of ether oxygens (including phenoxy) is 1. The lowest BCUT2D eigenvalue weighted by molar-refractivity contribution is -0.125. The van der Waals surface area contributed by atoms with Gasteiger partial charge < -0.3 is 19.9 Å². The Labute approximate surface area is 180 Å². The summed E-state index contributed by atoms with van der Waals surface area (Å²) in [6.07, 6.45) is 0.685. The number of fused-ring (bicyclic) bond motifs is 1. The highest BCUT2D eigenvalue weighted by Gasteiger charge is 2.34. The number of nitrogens with zero attached hydrogens (tertiary/aromatic N) is 2. The third-order valence-corrected chi connectivity index (χ3v) is 5.13. The molecule has 2 amide bonds. The summed E-state index contributed by atoms with van der Waals surface area (Å²) < 4.78 is 34.7. The number of hydrogen-bond donors (Lipinski definition) is 2. The van der Waals surface area contributed by atoms with E-state index in [0.717, 1.165) is 12.1 Å². The van der Waals surface area contributed by atoms with Gasteiger partial charge in [-0.15, -0.1) is 0 Å². The van der Waals surface area contributed by atoms with Crippen molar-refractivity contribution in [3.63, 3.8) is 0 Å². The first-order valence-corrected chi connectivity index (χ1v) is 10.3. The number of halogens is 2. The van der Waals surface area contributed by atoms with E-state index in [9.17, 15) is 18.4 Å². The molecule has 0 spiro atoms. The molecular formula is C22H28F2N4O3. The molecule has 2 heterocycles. The van der Waals surface area contributed by atoms with Crippen LogP contribution in [-0.4, -0.2) is 40.6 Å². The average molecular weight is 434 g/mol. The normalized spacial score (nSPS) is 15.0. The summed E-state index contributed by atoms with van der Waals surface area (Å²) in [5.41, 5.74) is 0.473.